The van der Waals surface area contributed by atoms with Gasteiger partial charge in [-0.25, -0.2) is 9.97 Å². The fourth-order valence-electron chi connectivity index (χ4n) is 1.71. The molecule has 1 heterocycles. The highest BCUT2D eigenvalue weighted by Gasteiger charge is 2.12. The Bertz CT molecular complexity index is 356. The molecule has 17 heavy (non-hydrogen) atoms. The minimum Gasteiger partial charge on any atom is -0.372 e. The highest BCUT2D eigenvalue weighted by atomic mass is 79.9. The van der Waals surface area contributed by atoms with Gasteiger partial charge in [0.25, 0.3) is 0 Å². The minimum absolute atomic E-state index is 0.404. The molecule has 0 aliphatic heterocycles. The smallest absolute Gasteiger partial charge is 0.146 e. The Morgan fingerprint density at radius 1 is 1.29 bits per heavy atom. The van der Waals surface area contributed by atoms with Crippen molar-refractivity contribution in [1.29, 1.82) is 0 Å². The fraction of sp³-hybridized carbons (Fsp3) is 0.667. The maximum Gasteiger partial charge on any atom is 0.146 e. The molecule has 2 atom stereocenters. The van der Waals surface area contributed by atoms with Gasteiger partial charge in [-0.3, -0.25) is 0 Å². The maximum atomic E-state index is 4.25. The normalized spacial score (nSPS) is 14.2. The molecular weight excluding hydrogens is 280 g/mol. The summed E-state index contributed by atoms with van der Waals surface area (Å²) in [5, 5.41) is 6.43. The Hall–Kier alpha value is -0.840. The third-order valence-corrected chi connectivity index (χ3v) is 3.61. The van der Waals surface area contributed by atoms with Gasteiger partial charge in [-0.1, -0.05) is 20.3 Å². The predicted octanol–water partition coefficient (Wildman–Crippen LogP) is 3.52. The summed E-state index contributed by atoms with van der Waals surface area (Å²) in [6.07, 6.45) is 3.91. The van der Waals surface area contributed by atoms with Crippen LogP contribution in [-0.2, 0) is 0 Å². The van der Waals surface area contributed by atoms with Crippen molar-refractivity contribution in [1.82, 2.24) is 9.97 Å². The van der Waals surface area contributed by atoms with Gasteiger partial charge in [0, 0.05) is 13.1 Å². The summed E-state index contributed by atoms with van der Waals surface area (Å²) in [6, 6.07) is 0.404. The van der Waals surface area contributed by atoms with Crippen molar-refractivity contribution in [2.75, 3.05) is 17.7 Å². The molecule has 0 aromatic carbocycles. The van der Waals surface area contributed by atoms with Gasteiger partial charge in [0.1, 0.15) is 22.4 Å². The standard InChI is InChI=1S/C12H21BrN4/c1-5-8(2)6-9(3)17-12-10(13)11(14-4)15-7-16-12/h7-9H,5-6H2,1-4H3,(H2,14,15,16,17). The van der Waals surface area contributed by atoms with E-state index in [2.05, 4.69) is 57.3 Å². The summed E-state index contributed by atoms with van der Waals surface area (Å²) >= 11 is 3.50. The number of halogens is 1. The number of hydrogen-bond donors (Lipinski definition) is 2. The van der Waals surface area contributed by atoms with E-state index in [1.54, 1.807) is 6.33 Å². The fourth-order valence-corrected chi connectivity index (χ4v) is 2.22. The first-order valence-electron chi connectivity index (χ1n) is 6.03. The zero-order chi connectivity index (χ0) is 12.8. The Balaban J connectivity index is 2.68. The van der Waals surface area contributed by atoms with Crippen LogP contribution < -0.4 is 10.6 Å². The highest BCUT2D eigenvalue weighted by molar-refractivity contribution is 9.10. The third-order valence-electron chi connectivity index (χ3n) is 2.86. The highest BCUT2D eigenvalue weighted by Crippen LogP contribution is 2.27. The largest absolute Gasteiger partial charge is 0.372 e. The van der Waals surface area contributed by atoms with E-state index in [0.717, 1.165) is 28.4 Å². The molecule has 4 nitrogen and oxygen atoms in total. The summed E-state index contributed by atoms with van der Waals surface area (Å²) in [5.74, 6) is 2.38. The molecule has 0 bridgehead atoms. The lowest BCUT2D eigenvalue weighted by atomic mass is 10.0. The zero-order valence-corrected chi connectivity index (χ0v) is 12.5. The van der Waals surface area contributed by atoms with Crippen molar-refractivity contribution in [3.8, 4) is 0 Å². The van der Waals surface area contributed by atoms with E-state index in [-0.39, 0.29) is 0 Å². The van der Waals surface area contributed by atoms with Crippen LogP contribution in [0, 0.1) is 5.92 Å². The van der Waals surface area contributed by atoms with Crippen LogP contribution in [0.15, 0.2) is 10.8 Å². The second-order valence-corrected chi connectivity index (χ2v) is 5.22. The number of anilines is 2. The molecule has 5 heteroatoms. The topological polar surface area (TPSA) is 49.8 Å². The molecule has 0 amide bonds. The van der Waals surface area contributed by atoms with Gasteiger partial charge in [0.15, 0.2) is 0 Å². The van der Waals surface area contributed by atoms with Crippen LogP contribution in [-0.4, -0.2) is 23.1 Å². The van der Waals surface area contributed by atoms with E-state index in [4.69, 9.17) is 0 Å². The Labute approximate surface area is 112 Å². The van der Waals surface area contributed by atoms with Crippen molar-refractivity contribution in [2.24, 2.45) is 5.92 Å². The predicted molar refractivity (Wildman–Crippen MR) is 76.4 cm³/mol. The average molecular weight is 301 g/mol. The quantitative estimate of drug-likeness (QED) is 0.844. The molecule has 0 saturated heterocycles. The van der Waals surface area contributed by atoms with Gasteiger partial charge in [-0.2, -0.15) is 0 Å². The molecule has 0 saturated carbocycles. The molecule has 1 rings (SSSR count). The molecule has 0 aliphatic rings. The van der Waals surface area contributed by atoms with Gasteiger partial charge < -0.3 is 10.6 Å². The van der Waals surface area contributed by atoms with Crippen LogP contribution in [0.2, 0.25) is 0 Å². The van der Waals surface area contributed by atoms with Crippen LogP contribution in [0.3, 0.4) is 0 Å². The molecule has 0 spiro atoms. The Morgan fingerprint density at radius 2 is 1.94 bits per heavy atom. The van der Waals surface area contributed by atoms with E-state index < -0.39 is 0 Å². The van der Waals surface area contributed by atoms with E-state index in [1.165, 1.54) is 6.42 Å². The van der Waals surface area contributed by atoms with Crippen molar-refractivity contribution in [2.45, 2.75) is 39.7 Å². The van der Waals surface area contributed by atoms with Crippen LogP contribution in [0.5, 0.6) is 0 Å². The molecule has 0 radical (unpaired) electrons. The first kappa shape index (κ1) is 14.2. The number of nitrogens with one attached hydrogen (secondary N) is 2. The number of hydrogen-bond acceptors (Lipinski definition) is 4. The number of rotatable bonds is 6. The van der Waals surface area contributed by atoms with Gasteiger partial charge in [0.2, 0.25) is 0 Å². The van der Waals surface area contributed by atoms with Crippen molar-refractivity contribution in [3.05, 3.63) is 10.8 Å². The molecule has 1 aromatic rings. The van der Waals surface area contributed by atoms with Crippen molar-refractivity contribution in [3.63, 3.8) is 0 Å². The Morgan fingerprint density at radius 3 is 2.53 bits per heavy atom. The lowest BCUT2D eigenvalue weighted by Crippen LogP contribution is -2.19. The maximum absolute atomic E-state index is 4.25. The molecular formula is C12H21BrN4. The van der Waals surface area contributed by atoms with Crippen LogP contribution >= 0.6 is 15.9 Å². The molecule has 0 fully saturated rings. The van der Waals surface area contributed by atoms with Crippen LogP contribution in [0.25, 0.3) is 0 Å². The number of aromatic nitrogens is 2. The Kier molecular flexibility index (Phi) is 5.68. The monoisotopic (exact) mass is 300 g/mol. The summed E-state index contributed by atoms with van der Waals surface area (Å²) in [7, 11) is 1.85. The van der Waals surface area contributed by atoms with Gasteiger partial charge in [-0.15, -0.1) is 0 Å². The minimum atomic E-state index is 0.404. The zero-order valence-electron chi connectivity index (χ0n) is 10.9. The SMILES string of the molecule is CCC(C)CC(C)Nc1ncnc(NC)c1Br. The first-order valence-corrected chi connectivity index (χ1v) is 6.82. The lowest BCUT2D eigenvalue weighted by Gasteiger charge is -2.19. The molecule has 2 N–H and O–H groups in total. The molecule has 96 valence electrons. The van der Waals surface area contributed by atoms with Crippen LogP contribution in [0.4, 0.5) is 11.6 Å². The van der Waals surface area contributed by atoms with Crippen molar-refractivity contribution < 1.29 is 0 Å². The summed E-state index contributed by atoms with van der Waals surface area (Å²) in [5.41, 5.74) is 0. The number of nitrogens with zero attached hydrogens (tertiary/aromatic N) is 2. The second-order valence-electron chi connectivity index (χ2n) is 4.43. The summed E-state index contributed by atoms with van der Waals surface area (Å²) in [6.45, 7) is 6.67. The van der Waals surface area contributed by atoms with Gasteiger partial charge in [0.05, 0.1) is 0 Å². The lowest BCUT2D eigenvalue weighted by molar-refractivity contribution is 0.483. The van der Waals surface area contributed by atoms with Crippen molar-refractivity contribution >= 4 is 27.6 Å². The molecule has 1 aromatic heterocycles. The summed E-state index contributed by atoms with van der Waals surface area (Å²) in [4.78, 5) is 8.38. The molecule has 2 unspecified atom stereocenters. The average Bonchev–Trinajstić information content (AvgIpc) is 2.31. The van der Waals surface area contributed by atoms with Crippen LogP contribution in [0.1, 0.15) is 33.6 Å². The van der Waals surface area contributed by atoms with E-state index >= 15 is 0 Å². The first-order chi connectivity index (χ1) is 8.08. The van der Waals surface area contributed by atoms with Gasteiger partial charge in [-0.05, 0) is 35.2 Å². The molecule has 0 aliphatic carbocycles. The van der Waals surface area contributed by atoms with E-state index in [1.807, 2.05) is 7.05 Å². The second kappa shape index (κ2) is 6.79. The van der Waals surface area contributed by atoms with E-state index in [9.17, 15) is 0 Å². The summed E-state index contributed by atoms with van der Waals surface area (Å²) < 4.78 is 0.888. The third kappa shape index (κ3) is 4.15. The van der Waals surface area contributed by atoms with E-state index in [0.29, 0.717) is 6.04 Å². The van der Waals surface area contributed by atoms with Gasteiger partial charge >= 0.3 is 0 Å².